The van der Waals surface area contributed by atoms with Crippen LogP contribution in [0.5, 0.6) is 0 Å². The molecule has 0 aliphatic carbocycles. The zero-order chi connectivity index (χ0) is 31.0. The number of hydrogen-bond acceptors (Lipinski definition) is 6. The van der Waals surface area contributed by atoms with E-state index in [0.29, 0.717) is 28.5 Å². The Kier molecular flexibility index (Phi) is 12.0. The molecule has 1 heterocycles. The number of carboxylic acid groups (broad SMARTS) is 1. The van der Waals surface area contributed by atoms with Gasteiger partial charge in [0.2, 0.25) is 11.8 Å². The molecule has 3 rings (SSSR count). The van der Waals surface area contributed by atoms with Crippen molar-refractivity contribution in [2.75, 3.05) is 25.9 Å². The molecule has 0 saturated carbocycles. The first-order valence-corrected chi connectivity index (χ1v) is 15.2. The molecule has 2 aromatic rings. The number of hydrogen-bond donors (Lipinski definition) is 3. The fourth-order valence-electron chi connectivity index (χ4n) is 4.06. The van der Waals surface area contributed by atoms with Gasteiger partial charge in [0.25, 0.3) is 5.91 Å². The number of likely N-dealkylation sites (tertiary alicyclic amines) is 1. The smallest absolute Gasteiger partial charge is 0.446 e. The molecular formula is C27H26Cl2F3N3O5S2. The highest BCUT2D eigenvalue weighted by molar-refractivity contribution is 8.00. The van der Waals surface area contributed by atoms with Gasteiger partial charge < -0.3 is 20.6 Å². The molecule has 2 aromatic carbocycles. The number of nitrogens with one attached hydrogen (secondary N) is 2. The van der Waals surface area contributed by atoms with Crippen LogP contribution in [0, 0.1) is 5.92 Å². The fraction of sp³-hybridized carbons (Fsp3) is 0.333. The molecule has 0 spiro atoms. The van der Waals surface area contributed by atoms with Gasteiger partial charge in [0.15, 0.2) is 0 Å². The maximum absolute atomic E-state index is 12.8. The topological polar surface area (TPSA) is 116 Å². The van der Waals surface area contributed by atoms with E-state index < -0.39 is 41.8 Å². The van der Waals surface area contributed by atoms with Crippen molar-refractivity contribution in [2.24, 2.45) is 5.92 Å². The third-order valence-corrected chi connectivity index (χ3v) is 8.84. The SMILES string of the molecule is CSc1ccc(C=CC(=O)N2CCC(C(=O)N[C@@H](CNC(=O)c3ccc(SC(F)(F)F)cc3)C(=O)O)CC2)c(Cl)c1Cl. The predicted octanol–water partition coefficient (Wildman–Crippen LogP) is 5.58. The van der Waals surface area contributed by atoms with Crippen LogP contribution in [-0.2, 0) is 14.4 Å². The first kappa shape index (κ1) is 33.6. The van der Waals surface area contributed by atoms with Gasteiger partial charge in [-0.15, -0.1) is 11.8 Å². The highest BCUT2D eigenvalue weighted by atomic mass is 35.5. The summed E-state index contributed by atoms with van der Waals surface area (Å²) in [5.41, 5.74) is -3.85. The Labute approximate surface area is 258 Å². The van der Waals surface area contributed by atoms with Gasteiger partial charge in [-0.25, -0.2) is 4.79 Å². The minimum Gasteiger partial charge on any atom is -0.480 e. The molecule has 0 radical (unpaired) electrons. The number of aliphatic carboxylic acids is 1. The zero-order valence-corrected chi connectivity index (χ0v) is 25.2. The van der Waals surface area contributed by atoms with Crippen molar-refractivity contribution in [1.82, 2.24) is 15.5 Å². The highest BCUT2D eigenvalue weighted by Gasteiger charge is 2.31. The quantitative estimate of drug-likeness (QED) is 0.225. The van der Waals surface area contributed by atoms with Crippen LogP contribution in [0.4, 0.5) is 13.2 Å². The van der Waals surface area contributed by atoms with E-state index in [9.17, 15) is 37.5 Å². The largest absolute Gasteiger partial charge is 0.480 e. The molecular weight excluding hydrogens is 638 g/mol. The van der Waals surface area contributed by atoms with E-state index in [-0.39, 0.29) is 41.2 Å². The Morgan fingerprint density at radius 1 is 1.07 bits per heavy atom. The lowest BCUT2D eigenvalue weighted by Gasteiger charge is -2.31. The summed E-state index contributed by atoms with van der Waals surface area (Å²) in [5.74, 6) is -3.42. The van der Waals surface area contributed by atoms with Crippen LogP contribution < -0.4 is 10.6 Å². The average molecular weight is 665 g/mol. The van der Waals surface area contributed by atoms with Gasteiger partial charge in [0.05, 0.1) is 10.0 Å². The number of rotatable bonds is 10. The first-order valence-electron chi connectivity index (χ1n) is 12.4. The maximum atomic E-state index is 12.8. The van der Waals surface area contributed by atoms with Crippen molar-refractivity contribution in [3.63, 3.8) is 0 Å². The summed E-state index contributed by atoms with van der Waals surface area (Å²) in [6.45, 7) is 0.113. The van der Waals surface area contributed by atoms with Gasteiger partial charge >= 0.3 is 11.5 Å². The van der Waals surface area contributed by atoms with Gasteiger partial charge in [-0.05, 0) is 72.8 Å². The van der Waals surface area contributed by atoms with Crippen molar-refractivity contribution >= 4 is 76.5 Å². The van der Waals surface area contributed by atoms with Crippen LogP contribution in [-0.4, -0.2) is 71.1 Å². The van der Waals surface area contributed by atoms with Gasteiger partial charge in [-0.2, -0.15) is 13.2 Å². The molecule has 42 heavy (non-hydrogen) atoms. The van der Waals surface area contributed by atoms with Crippen molar-refractivity contribution < 1.29 is 37.5 Å². The van der Waals surface area contributed by atoms with E-state index >= 15 is 0 Å². The molecule has 3 amide bonds. The number of carboxylic acids is 1. The molecule has 1 aliphatic heterocycles. The minimum absolute atomic E-state index is 0.0328. The maximum Gasteiger partial charge on any atom is 0.446 e. The third kappa shape index (κ3) is 9.58. The van der Waals surface area contributed by atoms with Crippen LogP contribution >= 0.6 is 46.7 Å². The van der Waals surface area contributed by atoms with Crippen LogP contribution in [0.3, 0.4) is 0 Å². The summed E-state index contributed by atoms with van der Waals surface area (Å²) >= 11 is 13.7. The van der Waals surface area contributed by atoms with E-state index in [1.165, 1.54) is 30.0 Å². The standard InChI is InChI=1S/C27H26Cl2F3N3O5S2/c1-41-20-8-4-15(22(28)23(20)29)5-9-21(36)35-12-10-17(11-13-35)25(38)34-19(26(39)40)14-33-24(37)16-2-6-18(7-3-16)42-27(30,31)32/h2-9,17,19H,10-14H2,1H3,(H,33,37)(H,34,38)(H,39,40)/t19-/m0/s1. The Morgan fingerprint density at radius 3 is 2.29 bits per heavy atom. The van der Waals surface area contributed by atoms with E-state index in [1.807, 2.05) is 6.26 Å². The van der Waals surface area contributed by atoms with E-state index in [2.05, 4.69) is 10.6 Å². The molecule has 1 fully saturated rings. The van der Waals surface area contributed by atoms with Crippen LogP contribution in [0.25, 0.3) is 6.08 Å². The summed E-state index contributed by atoms with van der Waals surface area (Å²) < 4.78 is 37.4. The van der Waals surface area contributed by atoms with Crippen molar-refractivity contribution in [3.05, 3.63) is 63.6 Å². The van der Waals surface area contributed by atoms with Crippen molar-refractivity contribution in [2.45, 2.75) is 34.2 Å². The second-order valence-corrected chi connectivity index (χ2v) is 11.8. The number of piperidine rings is 1. The predicted molar refractivity (Wildman–Crippen MR) is 157 cm³/mol. The number of amides is 3. The second-order valence-electron chi connectivity index (χ2n) is 9.10. The summed E-state index contributed by atoms with van der Waals surface area (Å²) in [6, 6.07) is 6.77. The molecule has 1 saturated heterocycles. The lowest BCUT2D eigenvalue weighted by Crippen LogP contribution is -2.51. The fourth-order valence-corrected chi connectivity index (χ4v) is 5.77. The van der Waals surface area contributed by atoms with Gasteiger partial charge in [0.1, 0.15) is 6.04 Å². The van der Waals surface area contributed by atoms with E-state index in [1.54, 1.807) is 23.1 Å². The number of halogens is 5. The Bertz CT molecular complexity index is 1350. The molecule has 1 aliphatic rings. The zero-order valence-electron chi connectivity index (χ0n) is 22.0. The normalized spacial score (nSPS) is 15.0. The van der Waals surface area contributed by atoms with Gasteiger partial charge in [-0.1, -0.05) is 29.3 Å². The Balaban J connectivity index is 1.49. The summed E-state index contributed by atoms with van der Waals surface area (Å²) in [4.78, 5) is 51.8. The number of carbonyl (C=O) groups excluding carboxylic acids is 3. The van der Waals surface area contributed by atoms with Crippen LogP contribution in [0.1, 0.15) is 28.8 Å². The average Bonchev–Trinajstić information content (AvgIpc) is 2.95. The second kappa shape index (κ2) is 15.0. The molecule has 15 heteroatoms. The number of alkyl halides is 3. The Hall–Kier alpha value is -2.87. The molecule has 8 nitrogen and oxygen atoms in total. The molecule has 3 N–H and O–H groups in total. The molecule has 0 unspecified atom stereocenters. The number of carbonyl (C=O) groups is 4. The third-order valence-electron chi connectivity index (χ3n) is 6.31. The first-order chi connectivity index (χ1) is 19.8. The van der Waals surface area contributed by atoms with Crippen molar-refractivity contribution in [1.29, 1.82) is 0 Å². The number of nitrogens with zero attached hydrogens (tertiary/aromatic N) is 1. The molecule has 0 aromatic heterocycles. The number of thioether (sulfide) groups is 2. The lowest BCUT2D eigenvalue weighted by atomic mass is 9.95. The van der Waals surface area contributed by atoms with Crippen LogP contribution in [0.15, 0.2) is 52.3 Å². The molecule has 226 valence electrons. The van der Waals surface area contributed by atoms with Gasteiger partial charge in [0, 0.05) is 47.0 Å². The Morgan fingerprint density at radius 2 is 1.71 bits per heavy atom. The summed E-state index contributed by atoms with van der Waals surface area (Å²) in [5, 5.41) is 15.1. The molecule has 1 atom stereocenters. The summed E-state index contributed by atoms with van der Waals surface area (Å²) in [7, 11) is 0. The number of benzene rings is 2. The lowest BCUT2D eigenvalue weighted by molar-refractivity contribution is -0.142. The minimum atomic E-state index is -4.47. The van der Waals surface area contributed by atoms with Crippen LogP contribution in [0.2, 0.25) is 10.0 Å². The van der Waals surface area contributed by atoms with Crippen molar-refractivity contribution in [3.8, 4) is 0 Å². The van der Waals surface area contributed by atoms with E-state index in [4.69, 9.17) is 23.2 Å². The molecule has 0 bridgehead atoms. The highest BCUT2D eigenvalue weighted by Crippen LogP contribution is 2.37. The van der Waals surface area contributed by atoms with Gasteiger partial charge in [-0.3, -0.25) is 14.4 Å². The summed E-state index contributed by atoms with van der Waals surface area (Å²) in [6.07, 6.45) is 5.43. The van der Waals surface area contributed by atoms with E-state index in [0.717, 1.165) is 17.0 Å². The monoisotopic (exact) mass is 663 g/mol.